The maximum atomic E-state index is 12.0. The molecule has 0 spiro atoms. The molecule has 1 aromatic carbocycles. The van der Waals surface area contributed by atoms with Gasteiger partial charge in [0, 0.05) is 35.1 Å². The standard InChI is InChI=1S/C22H26O4/c1-5-9-15-17(11-7-3)20-18(16(10-6-2)19(15)23)12-14-22(26-20,13-8-4)21(24)25/h5-8,23H,1-4,9-14H2,(H,24,25)/t22-/m0/s1. The second-order valence-corrected chi connectivity index (χ2v) is 6.46. The highest BCUT2D eigenvalue weighted by atomic mass is 16.5. The van der Waals surface area contributed by atoms with Crippen LogP contribution in [0.2, 0.25) is 0 Å². The van der Waals surface area contributed by atoms with E-state index in [1.54, 1.807) is 24.3 Å². The van der Waals surface area contributed by atoms with Crippen LogP contribution in [0.15, 0.2) is 50.6 Å². The summed E-state index contributed by atoms with van der Waals surface area (Å²) in [5.41, 5.74) is 1.74. The Labute approximate surface area is 154 Å². The molecule has 0 amide bonds. The number of fused-ring (bicyclic) bond motifs is 1. The third-order valence-electron chi connectivity index (χ3n) is 4.83. The highest BCUT2D eigenvalue weighted by Gasteiger charge is 2.44. The molecule has 0 fully saturated rings. The van der Waals surface area contributed by atoms with Crippen molar-refractivity contribution < 1.29 is 19.7 Å². The first-order valence-electron chi connectivity index (χ1n) is 8.70. The van der Waals surface area contributed by atoms with Crippen LogP contribution < -0.4 is 4.74 Å². The average molecular weight is 354 g/mol. The van der Waals surface area contributed by atoms with Crippen molar-refractivity contribution in [3.63, 3.8) is 0 Å². The zero-order valence-electron chi connectivity index (χ0n) is 15.1. The summed E-state index contributed by atoms with van der Waals surface area (Å²) in [7, 11) is 0. The van der Waals surface area contributed by atoms with Gasteiger partial charge in [-0.15, -0.1) is 26.3 Å². The van der Waals surface area contributed by atoms with Gasteiger partial charge in [0.15, 0.2) is 0 Å². The first-order chi connectivity index (χ1) is 12.5. The molecule has 1 heterocycles. The van der Waals surface area contributed by atoms with Crippen molar-refractivity contribution in [3.8, 4) is 11.5 Å². The quantitative estimate of drug-likeness (QED) is 0.649. The predicted molar refractivity (Wildman–Crippen MR) is 104 cm³/mol. The fraction of sp³-hybridized carbons (Fsp3) is 0.318. The molecule has 4 nitrogen and oxygen atoms in total. The van der Waals surface area contributed by atoms with Crippen molar-refractivity contribution in [2.75, 3.05) is 0 Å². The Kier molecular flexibility index (Phi) is 6.09. The second-order valence-electron chi connectivity index (χ2n) is 6.46. The minimum absolute atomic E-state index is 0.212. The Morgan fingerprint density at radius 3 is 2.12 bits per heavy atom. The molecule has 2 rings (SSSR count). The lowest BCUT2D eigenvalue weighted by Gasteiger charge is -2.37. The molecule has 0 aromatic heterocycles. The van der Waals surface area contributed by atoms with Crippen molar-refractivity contribution >= 4 is 5.97 Å². The van der Waals surface area contributed by atoms with E-state index in [4.69, 9.17) is 4.74 Å². The van der Waals surface area contributed by atoms with E-state index in [0.29, 0.717) is 43.4 Å². The minimum Gasteiger partial charge on any atom is -0.507 e. The van der Waals surface area contributed by atoms with Gasteiger partial charge < -0.3 is 14.9 Å². The summed E-state index contributed by atoms with van der Waals surface area (Å²) in [5, 5.41) is 20.6. The normalized spacial score (nSPS) is 18.3. The van der Waals surface area contributed by atoms with Crippen LogP contribution in [0.5, 0.6) is 11.5 Å². The number of aromatic hydroxyl groups is 1. The molecule has 26 heavy (non-hydrogen) atoms. The number of aliphatic carboxylic acids is 1. The van der Waals surface area contributed by atoms with Gasteiger partial charge in [0.25, 0.3) is 0 Å². The van der Waals surface area contributed by atoms with Gasteiger partial charge in [-0.25, -0.2) is 4.79 Å². The molecule has 1 atom stereocenters. The molecule has 0 saturated carbocycles. The van der Waals surface area contributed by atoms with Gasteiger partial charge >= 0.3 is 5.97 Å². The van der Waals surface area contributed by atoms with E-state index in [9.17, 15) is 15.0 Å². The lowest BCUT2D eigenvalue weighted by atomic mass is 9.82. The summed E-state index contributed by atoms with van der Waals surface area (Å²) < 4.78 is 6.14. The number of carboxylic acids is 1. The van der Waals surface area contributed by atoms with E-state index in [0.717, 1.165) is 16.7 Å². The largest absolute Gasteiger partial charge is 0.507 e. The van der Waals surface area contributed by atoms with Gasteiger partial charge in [0.1, 0.15) is 11.5 Å². The second kappa shape index (κ2) is 8.09. The third-order valence-corrected chi connectivity index (χ3v) is 4.83. The minimum atomic E-state index is -1.33. The van der Waals surface area contributed by atoms with Crippen LogP contribution in [0.25, 0.3) is 0 Å². The summed E-state index contributed by atoms with van der Waals surface area (Å²) in [6.45, 7) is 15.0. The number of carboxylic acid groups (broad SMARTS) is 1. The van der Waals surface area contributed by atoms with E-state index in [-0.39, 0.29) is 12.2 Å². The Bertz CT molecular complexity index is 760. The molecule has 0 bridgehead atoms. The SMILES string of the molecule is C=CCc1c(O)c(CC=C)c2c(c1CC=C)O[C@](CC=C)(C(=O)O)CC2. The van der Waals surface area contributed by atoms with Crippen molar-refractivity contribution in [2.45, 2.75) is 44.1 Å². The number of phenolic OH excluding ortho intramolecular Hbond substituents is 1. The molecule has 1 aliphatic rings. The highest BCUT2D eigenvalue weighted by Crippen LogP contribution is 2.46. The Morgan fingerprint density at radius 2 is 1.58 bits per heavy atom. The van der Waals surface area contributed by atoms with E-state index in [2.05, 4.69) is 26.3 Å². The van der Waals surface area contributed by atoms with Crippen LogP contribution in [-0.4, -0.2) is 21.8 Å². The number of hydrogen-bond donors (Lipinski definition) is 2. The lowest BCUT2D eigenvalue weighted by Crippen LogP contribution is -2.47. The van der Waals surface area contributed by atoms with Crippen LogP contribution in [0, 0.1) is 0 Å². The van der Waals surface area contributed by atoms with E-state index in [1.165, 1.54) is 0 Å². The summed E-state index contributed by atoms with van der Waals surface area (Å²) in [4.78, 5) is 12.0. The van der Waals surface area contributed by atoms with Crippen LogP contribution in [0.4, 0.5) is 0 Å². The van der Waals surface area contributed by atoms with Crippen LogP contribution >= 0.6 is 0 Å². The maximum absolute atomic E-state index is 12.0. The van der Waals surface area contributed by atoms with Crippen molar-refractivity contribution in [3.05, 3.63) is 72.9 Å². The first-order valence-corrected chi connectivity index (χ1v) is 8.70. The molecule has 4 heteroatoms. The molecule has 2 N–H and O–H groups in total. The van der Waals surface area contributed by atoms with Crippen LogP contribution in [0.3, 0.4) is 0 Å². The van der Waals surface area contributed by atoms with Gasteiger partial charge in [-0.1, -0.05) is 24.3 Å². The molecule has 138 valence electrons. The maximum Gasteiger partial charge on any atom is 0.348 e. The molecule has 0 unspecified atom stereocenters. The topological polar surface area (TPSA) is 66.8 Å². The number of ether oxygens (including phenoxy) is 1. The fourth-order valence-corrected chi connectivity index (χ4v) is 3.59. The summed E-state index contributed by atoms with van der Waals surface area (Å²) in [5.74, 6) is -0.237. The molecule has 0 aliphatic carbocycles. The zero-order valence-corrected chi connectivity index (χ0v) is 15.1. The number of allylic oxidation sites excluding steroid dienone is 3. The molecule has 1 aliphatic heterocycles. The Hall–Kier alpha value is -2.75. The molecule has 0 radical (unpaired) electrons. The summed E-state index contributed by atoms with van der Waals surface area (Å²) in [6.07, 6.45) is 9.18. The van der Waals surface area contributed by atoms with E-state index < -0.39 is 11.6 Å². The van der Waals surface area contributed by atoms with Crippen molar-refractivity contribution in [1.82, 2.24) is 0 Å². The molecule has 1 aromatic rings. The van der Waals surface area contributed by atoms with Gasteiger partial charge in [-0.05, 0) is 25.7 Å². The monoisotopic (exact) mass is 354 g/mol. The lowest BCUT2D eigenvalue weighted by molar-refractivity contribution is -0.156. The Balaban J connectivity index is 2.77. The smallest absolute Gasteiger partial charge is 0.348 e. The van der Waals surface area contributed by atoms with E-state index in [1.807, 2.05) is 0 Å². The third kappa shape index (κ3) is 3.32. The molecular weight excluding hydrogens is 328 g/mol. The van der Waals surface area contributed by atoms with Gasteiger partial charge in [-0.2, -0.15) is 0 Å². The van der Waals surface area contributed by atoms with Gasteiger partial charge in [0.2, 0.25) is 5.60 Å². The Morgan fingerprint density at radius 1 is 1.00 bits per heavy atom. The van der Waals surface area contributed by atoms with Crippen molar-refractivity contribution in [1.29, 1.82) is 0 Å². The first kappa shape index (κ1) is 19.6. The number of carbonyl (C=O) groups is 1. The molecule has 0 saturated heterocycles. The number of phenols is 1. The van der Waals surface area contributed by atoms with E-state index >= 15 is 0 Å². The van der Waals surface area contributed by atoms with Gasteiger partial charge in [0.05, 0.1) is 0 Å². The van der Waals surface area contributed by atoms with Gasteiger partial charge in [-0.3, -0.25) is 0 Å². The average Bonchev–Trinajstić information content (AvgIpc) is 2.61. The predicted octanol–water partition coefficient (Wildman–Crippen LogP) is 4.30. The van der Waals surface area contributed by atoms with Crippen LogP contribution in [0.1, 0.15) is 35.1 Å². The zero-order chi connectivity index (χ0) is 19.3. The number of rotatable bonds is 9. The number of benzene rings is 1. The fourth-order valence-electron chi connectivity index (χ4n) is 3.59. The summed E-state index contributed by atoms with van der Waals surface area (Å²) >= 11 is 0. The van der Waals surface area contributed by atoms with Crippen LogP contribution in [-0.2, 0) is 30.5 Å². The number of hydrogen-bond acceptors (Lipinski definition) is 3. The molecular formula is C22H26O4. The van der Waals surface area contributed by atoms with Crippen molar-refractivity contribution in [2.24, 2.45) is 0 Å². The summed E-state index contributed by atoms with van der Waals surface area (Å²) in [6, 6.07) is 0. The highest BCUT2D eigenvalue weighted by molar-refractivity contribution is 5.79.